The summed E-state index contributed by atoms with van der Waals surface area (Å²) in [7, 11) is 0. The zero-order valence-electron chi connectivity index (χ0n) is 15.0. The van der Waals surface area contributed by atoms with Crippen LogP contribution in [0.3, 0.4) is 0 Å². The first kappa shape index (κ1) is 17.8. The SMILES string of the molecule is Cc1ccc(SC2(C(=O)N3CCC(C(C)N)CC3)CCCC2)cc1. The number of hydrogen-bond acceptors (Lipinski definition) is 3. The molecule has 1 heterocycles. The van der Waals surface area contributed by atoms with Crippen molar-refractivity contribution in [2.45, 2.75) is 68.1 Å². The van der Waals surface area contributed by atoms with Gasteiger partial charge in [0.2, 0.25) is 5.91 Å². The highest BCUT2D eigenvalue weighted by Crippen LogP contribution is 2.47. The number of thioether (sulfide) groups is 1. The Morgan fingerprint density at radius 1 is 1.21 bits per heavy atom. The van der Waals surface area contributed by atoms with Crippen molar-refractivity contribution in [3.63, 3.8) is 0 Å². The van der Waals surface area contributed by atoms with E-state index in [1.165, 1.54) is 23.3 Å². The largest absolute Gasteiger partial charge is 0.341 e. The molecule has 0 radical (unpaired) electrons. The van der Waals surface area contributed by atoms with Gasteiger partial charge >= 0.3 is 0 Å². The fourth-order valence-corrected chi connectivity index (χ4v) is 5.49. The fraction of sp³-hybridized carbons (Fsp3) is 0.650. The lowest BCUT2D eigenvalue weighted by Crippen LogP contribution is -2.50. The summed E-state index contributed by atoms with van der Waals surface area (Å²) in [5.41, 5.74) is 7.31. The molecular formula is C20H30N2OS. The van der Waals surface area contributed by atoms with E-state index < -0.39 is 0 Å². The lowest BCUT2D eigenvalue weighted by molar-refractivity contribution is -0.135. The Hall–Kier alpha value is -1.00. The number of aryl methyl sites for hydroxylation is 1. The maximum atomic E-state index is 13.3. The van der Waals surface area contributed by atoms with Gasteiger partial charge in [0.1, 0.15) is 0 Å². The van der Waals surface area contributed by atoms with E-state index in [0.717, 1.165) is 38.8 Å². The van der Waals surface area contributed by atoms with Crippen molar-refractivity contribution < 1.29 is 4.79 Å². The fourth-order valence-electron chi connectivity index (χ4n) is 4.05. The Morgan fingerprint density at radius 2 is 1.79 bits per heavy atom. The standard InChI is InChI=1S/C20H30N2OS/c1-15-5-7-18(8-6-15)24-20(11-3-4-12-20)19(23)22-13-9-17(10-14-22)16(2)21/h5-8,16-17H,3-4,9-14,21H2,1-2H3. The minimum Gasteiger partial charge on any atom is -0.341 e. The van der Waals surface area contributed by atoms with Gasteiger partial charge in [-0.2, -0.15) is 0 Å². The molecule has 2 aliphatic rings. The molecule has 0 spiro atoms. The monoisotopic (exact) mass is 346 g/mol. The Kier molecular flexibility index (Phi) is 5.56. The highest BCUT2D eigenvalue weighted by Gasteiger charge is 2.45. The second kappa shape index (κ2) is 7.49. The van der Waals surface area contributed by atoms with Gasteiger partial charge in [0.05, 0.1) is 4.75 Å². The molecule has 0 aromatic heterocycles. The van der Waals surface area contributed by atoms with Gasteiger partial charge < -0.3 is 10.6 Å². The van der Waals surface area contributed by atoms with E-state index in [2.05, 4.69) is 43.0 Å². The third-order valence-corrected chi connectivity index (χ3v) is 7.19. The summed E-state index contributed by atoms with van der Waals surface area (Å²) in [6, 6.07) is 8.85. The van der Waals surface area contributed by atoms with Crippen molar-refractivity contribution in [3.8, 4) is 0 Å². The van der Waals surface area contributed by atoms with Crippen molar-refractivity contribution >= 4 is 17.7 Å². The molecule has 1 saturated heterocycles. The quantitative estimate of drug-likeness (QED) is 0.897. The van der Waals surface area contributed by atoms with Crippen LogP contribution in [0.5, 0.6) is 0 Å². The minimum atomic E-state index is -0.240. The molecule has 1 amide bonds. The molecule has 1 unspecified atom stereocenters. The topological polar surface area (TPSA) is 46.3 Å². The van der Waals surface area contributed by atoms with E-state index in [1.807, 2.05) is 0 Å². The summed E-state index contributed by atoms with van der Waals surface area (Å²) in [6.45, 7) is 5.95. The molecular weight excluding hydrogens is 316 g/mol. The number of hydrogen-bond donors (Lipinski definition) is 1. The first-order valence-corrected chi connectivity index (χ1v) is 10.1. The first-order valence-electron chi connectivity index (χ1n) is 9.31. The number of amides is 1. The maximum absolute atomic E-state index is 13.3. The maximum Gasteiger partial charge on any atom is 0.239 e. The lowest BCUT2D eigenvalue weighted by Gasteiger charge is -2.39. The van der Waals surface area contributed by atoms with Gasteiger partial charge in [0.15, 0.2) is 0 Å². The van der Waals surface area contributed by atoms with E-state index in [0.29, 0.717) is 11.8 Å². The molecule has 132 valence electrons. The van der Waals surface area contributed by atoms with Crippen LogP contribution in [0, 0.1) is 12.8 Å². The van der Waals surface area contributed by atoms with Crippen LogP contribution in [0.15, 0.2) is 29.2 Å². The van der Waals surface area contributed by atoms with Crippen LogP contribution >= 0.6 is 11.8 Å². The van der Waals surface area contributed by atoms with Crippen molar-refractivity contribution in [2.75, 3.05) is 13.1 Å². The summed E-state index contributed by atoms with van der Waals surface area (Å²) in [5, 5.41) is 0. The highest BCUT2D eigenvalue weighted by molar-refractivity contribution is 8.01. The Labute approximate surface area is 150 Å². The second-order valence-corrected chi connectivity index (χ2v) is 9.06. The van der Waals surface area contributed by atoms with Crippen molar-refractivity contribution in [2.24, 2.45) is 11.7 Å². The van der Waals surface area contributed by atoms with E-state index in [4.69, 9.17) is 5.73 Å². The van der Waals surface area contributed by atoms with Gasteiger partial charge in [-0.1, -0.05) is 30.5 Å². The number of carbonyl (C=O) groups excluding carboxylic acids is 1. The lowest BCUT2D eigenvalue weighted by atomic mass is 9.90. The van der Waals surface area contributed by atoms with Gasteiger partial charge in [-0.3, -0.25) is 4.79 Å². The summed E-state index contributed by atoms with van der Waals surface area (Å²) in [5.74, 6) is 0.937. The molecule has 4 heteroatoms. The van der Waals surface area contributed by atoms with Crippen LogP contribution in [0.1, 0.15) is 51.0 Å². The smallest absolute Gasteiger partial charge is 0.239 e. The first-order chi connectivity index (χ1) is 11.5. The number of nitrogens with zero attached hydrogens (tertiary/aromatic N) is 1. The number of benzene rings is 1. The van der Waals surface area contributed by atoms with Crippen LogP contribution < -0.4 is 5.73 Å². The van der Waals surface area contributed by atoms with Gasteiger partial charge in [-0.15, -0.1) is 11.8 Å². The molecule has 2 N–H and O–H groups in total. The van der Waals surface area contributed by atoms with E-state index in [9.17, 15) is 4.79 Å². The van der Waals surface area contributed by atoms with Gasteiger partial charge in [-0.25, -0.2) is 0 Å². The van der Waals surface area contributed by atoms with Crippen LogP contribution in [-0.4, -0.2) is 34.7 Å². The molecule has 1 aliphatic heterocycles. The Balaban J connectivity index is 1.70. The summed E-state index contributed by atoms with van der Waals surface area (Å²) >= 11 is 1.80. The molecule has 3 rings (SSSR count). The van der Waals surface area contributed by atoms with E-state index in [1.54, 1.807) is 11.8 Å². The number of likely N-dealkylation sites (tertiary alicyclic amines) is 1. The molecule has 1 aromatic rings. The minimum absolute atomic E-state index is 0.240. The molecule has 0 bridgehead atoms. The zero-order chi connectivity index (χ0) is 17.2. The van der Waals surface area contributed by atoms with E-state index >= 15 is 0 Å². The predicted octanol–water partition coefficient (Wildman–Crippen LogP) is 3.99. The van der Waals surface area contributed by atoms with Crippen LogP contribution in [0.25, 0.3) is 0 Å². The summed E-state index contributed by atoms with van der Waals surface area (Å²) < 4.78 is -0.240. The molecule has 1 aliphatic carbocycles. The van der Waals surface area contributed by atoms with E-state index in [-0.39, 0.29) is 10.8 Å². The third kappa shape index (κ3) is 3.80. The molecule has 1 aromatic carbocycles. The van der Waals surface area contributed by atoms with Crippen molar-refractivity contribution in [1.82, 2.24) is 4.90 Å². The molecule has 24 heavy (non-hydrogen) atoms. The van der Waals surface area contributed by atoms with Crippen molar-refractivity contribution in [1.29, 1.82) is 0 Å². The zero-order valence-corrected chi connectivity index (χ0v) is 15.8. The average Bonchev–Trinajstić information content (AvgIpc) is 3.06. The number of piperidine rings is 1. The summed E-state index contributed by atoms with van der Waals surface area (Å²) in [6.07, 6.45) is 6.46. The Morgan fingerprint density at radius 3 is 2.33 bits per heavy atom. The van der Waals surface area contributed by atoms with Crippen LogP contribution in [0.2, 0.25) is 0 Å². The number of carbonyl (C=O) groups is 1. The van der Waals surface area contributed by atoms with Gasteiger partial charge in [0.25, 0.3) is 0 Å². The van der Waals surface area contributed by atoms with Crippen LogP contribution in [-0.2, 0) is 4.79 Å². The highest BCUT2D eigenvalue weighted by atomic mass is 32.2. The third-order valence-electron chi connectivity index (χ3n) is 5.71. The van der Waals surface area contributed by atoms with Crippen LogP contribution in [0.4, 0.5) is 0 Å². The predicted molar refractivity (Wildman–Crippen MR) is 101 cm³/mol. The average molecular weight is 347 g/mol. The second-order valence-electron chi connectivity index (χ2n) is 7.61. The van der Waals surface area contributed by atoms with Gasteiger partial charge in [0, 0.05) is 24.0 Å². The molecule has 3 nitrogen and oxygen atoms in total. The molecule has 2 fully saturated rings. The van der Waals surface area contributed by atoms with Crippen molar-refractivity contribution in [3.05, 3.63) is 29.8 Å². The number of nitrogens with two attached hydrogens (primary N) is 1. The normalized spacial score (nSPS) is 22.5. The molecule has 1 saturated carbocycles. The molecule has 1 atom stereocenters. The number of rotatable bonds is 4. The van der Waals surface area contributed by atoms with Gasteiger partial charge in [-0.05, 0) is 57.6 Å². The summed E-state index contributed by atoms with van der Waals surface area (Å²) in [4.78, 5) is 16.7. The Bertz CT molecular complexity index is 556.